The zero-order chi connectivity index (χ0) is 21.1. The van der Waals surface area contributed by atoms with Gasteiger partial charge in [-0.05, 0) is 43.2 Å². The second-order valence-electron chi connectivity index (χ2n) is 6.93. The van der Waals surface area contributed by atoms with E-state index in [0.29, 0.717) is 23.6 Å². The predicted molar refractivity (Wildman–Crippen MR) is 115 cm³/mol. The third kappa shape index (κ3) is 3.98. The lowest BCUT2D eigenvalue weighted by molar-refractivity contribution is 0.413. The van der Waals surface area contributed by atoms with Crippen molar-refractivity contribution in [2.75, 3.05) is 12.8 Å². The molecule has 0 saturated heterocycles. The van der Waals surface area contributed by atoms with E-state index >= 15 is 0 Å². The number of aryl methyl sites for hydroxylation is 2. The molecule has 0 aliphatic carbocycles. The summed E-state index contributed by atoms with van der Waals surface area (Å²) < 4.78 is 7.30. The van der Waals surface area contributed by atoms with E-state index in [0.717, 1.165) is 34.7 Å². The highest BCUT2D eigenvalue weighted by molar-refractivity contribution is 5.73. The number of nitrogens with two attached hydrogens (primary N) is 1. The Hall–Kier alpha value is -3.81. The van der Waals surface area contributed by atoms with Gasteiger partial charge in [0, 0.05) is 11.3 Å². The fourth-order valence-corrected chi connectivity index (χ4v) is 3.33. The Morgan fingerprint density at radius 3 is 2.53 bits per heavy atom. The first-order valence-corrected chi connectivity index (χ1v) is 9.71. The van der Waals surface area contributed by atoms with Gasteiger partial charge in [-0.25, -0.2) is 14.6 Å². The second kappa shape index (κ2) is 8.28. The van der Waals surface area contributed by atoms with Crippen LogP contribution in [0.3, 0.4) is 0 Å². The molecule has 4 rings (SSSR count). The molecule has 0 atom stereocenters. The van der Waals surface area contributed by atoms with E-state index < -0.39 is 0 Å². The molecule has 8 heteroatoms. The van der Waals surface area contributed by atoms with Crippen LogP contribution in [0.25, 0.3) is 22.6 Å². The van der Waals surface area contributed by atoms with Crippen molar-refractivity contribution in [1.29, 1.82) is 0 Å². The molecule has 0 amide bonds. The van der Waals surface area contributed by atoms with Crippen LogP contribution in [0.2, 0.25) is 0 Å². The molecule has 8 nitrogen and oxygen atoms in total. The summed E-state index contributed by atoms with van der Waals surface area (Å²) in [5.41, 5.74) is 11.7. The number of benzene rings is 1. The maximum absolute atomic E-state index is 6.00. The maximum atomic E-state index is 6.00. The van der Waals surface area contributed by atoms with Gasteiger partial charge in [-0.2, -0.15) is 0 Å². The molecular weight excluding hydrogens is 378 g/mol. The van der Waals surface area contributed by atoms with Crippen LogP contribution in [-0.2, 0) is 13.0 Å². The van der Waals surface area contributed by atoms with Crippen molar-refractivity contribution >= 4 is 5.95 Å². The molecule has 0 unspecified atom stereocenters. The smallest absolute Gasteiger partial charge is 0.221 e. The molecule has 0 fully saturated rings. The molecule has 3 heterocycles. The average molecular weight is 401 g/mol. The minimum atomic E-state index is 0.165. The number of methoxy groups -OCH3 is 1. The van der Waals surface area contributed by atoms with Gasteiger partial charge < -0.3 is 10.5 Å². The molecule has 4 aromatic rings. The Bertz CT molecular complexity index is 1190. The lowest BCUT2D eigenvalue weighted by Gasteiger charge is -2.11. The van der Waals surface area contributed by atoms with E-state index in [1.54, 1.807) is 11.8 Å². The minimum absolute atomic E-state index is 0.165. The second-order valence-corrected chi connectivity index (χ2v) is 6.93. The van der Waals surface area contributed by atoms with Gasteiger partial charge in [-0.1, -0.05) is 30.3 Å². The summed E-state index contributed by atoms with van der Waals surface area (Å²) in [6.45, 7) is 4.60. The van der Waals surface area contributed by atoms with Crippen LogP contribution >= 0.6 is 0 Å². The zero-order valence-corrected chi connectivity index (χ0v) is 17.2. The molecule has 0 radical (unpaired) electrons. The summed E-state index contributed by atoms with van der Waals surface area (Å²) in [5, 5.41) is 8.49. The summed E-state index contributed by atoms with van der Waals surface area (Å²) in [6.07, 6.45) is 2.72. The molecule has 152 valence electrons. The van der Waals surface area contributed by atoms with Gasteiger partial charge in [0.1, 0.15) is 11.4 Å². The topological polar surface area (TPSA) is 105 Å². The summed E-state index contributed by atoms with van der Waals surface area (Å²) in [4.78, 5) is 13.4. The third-order valence-corrected chi connectivity index (χ3v) is 4.79. The average Bonchev–Trinajstić information content (AvgIpc) is 3.21. The van der Waals surface area contributed by atoms with Crippen LogP contribution in [-0.4, -0.2) is 37.1 Å². The van der Waals surface area contributed by atoms with Crippen molar-refractivity contribution in [2.45, 2.75) is 26.8 Å². The van der Waals surface area contributed by atoms with Crippen LogP contribution in [0.5, 0.6) is 5.75 Å². The molecular formula is C22H23N7O. The van der Waals surface area contributed by atoms with Crippen LogP contribution in [0.1, 0.15) is 23.9 Å². The van der Waals surface area contributed by atoms with E-state index in [-0.39, 0.29) is 5.95 Å². The lowest BCUT2D eigenvalue weighted by atomic mass is 10.1. The van der Waals surface area contributed by atoms with Crippen molar-refractivity contribution in [3.05, 3.63) is 65.6 Å². The number of anilines is 1. The number of pyridine rings is 1. The first-order chi connectivity index (χ1) is 14.6. The van der Waals surface area contributed by atoms with Crippen LogP contribution in [0, 0.1) is 6.92 Å². The zero-order valence-electron chi connectivity index (χ0n) is 17.2. The fraction of sp³-hybridized carbons (Fsp3) is 0.227. The van der Waals surface area contributed by atoms with Gasteiger partial charge in [0.25, 0.3) is 0 Å². The van der Waals surface area contributed by atoms with E-state index in [4.69, 9.17) is 10.5 Å². The molecule has 3 aromatic heterocycles. The monoisotopic (exact) mass is 401 g/mol. The molecule has 0 saturated carbocycles. The quantitative estimate of drug-likeness (QED) is 0.528. The van der Waals surface area contributed by atoms with Crippen LogP contribution in [0.4, 0.5) is 5.95 Å². The summed E-state index contributed by atoms with van der Waals surface area (Å²) in [5.74, 6) is 0.921. The number of ether oxygens (including phenoxy) is 1. The summed E-state index contributed by atoms with van der Waals surface area (Å²) in [7, 11) is 1.64. The van der Waals surface area contributed by atoms with Gasteiger partial charge >= 0.3 is 0 Å². The van der Waals surface area contributed by atoms with E-state index in [2.05, 4.69) is 32.2 Å². The maximum Gasteiger partial charge on any atom is 0.221 e. The minimum Gasteiger partial charge on any atom is -0.496 e. The highest BCUT2D eigenvalue weighted by Crippen LogP contribution is 2.33. The molecule has 0 bridgehead atoms. The number of rotatable bonds is 6. The van der Waals surface area contributed by atoms with Gasteiger partial charge in [-0.15, -0.1) is 5.10 Å². The van der Waals surface area contributed by atoms with Gasteiger partial charge in [0.15, 0.2) is 0 Å². The first-order valence-electron chi connectivity index (χ1n) is 9.71. The Balaban J connectivity index is 1.67. The van der Waals surface area contributed by atoms with Crippen molar-refractivity contribution in [1.82, 2.24) is 29.9 Å². The Morgan fingerprint density at radius 2 is 1.73 bits per heavy atom. The number of aromatic nitrogens is 6. The number of nitrogen functional groups attached to an aromatic ring is 1. The van der Waals surface area contributed by atoms with E-state index in [9.17, 15) is 0 Å². The summed E-state index contributed by atoms with van der Waals surface area (Å²) >= 11 is 0. The van der Waals surface area contributed by atoms with Crippen molar-refractivity contribution in [3.8, 4) is 28.4 Å². The predicted octanol–water partition coefficient (Wildman–Crippen LogP) is 3.31. The van der Waals surface area contributed by atoms with Gasteiger partial charge in [0.2, 0.25) is 5.95 Å². The molecule has 0 aliphatic rings. The molecule has 30 heavy (non-hydrogen) atoms. The number of nitrogens with zero attached hydrogens (tertiary/aromatic N) is 6. The van der Waals surface area contributed by atoms with E-state index in [1.165, 1.54) is 0 Å². The van der Waals surface area contributed by atoms with Gasteiger partial charge in [0.05, 0.1) is 36.9 Å². The third-order valence-electron chi connectivity index (χ3n) is 4.79. The fourth-order valence-electron chi connectivity index (χ4n) is 3.33. The number of hydrogen-bond donors (Lipinski definition) is 1. The van der Waals surface area contributed by atoms with Crippen LogP contribution < -0.4 is 10.5 Å². The van der Waals surface area contributed by atoms with Crippen molar-refractivity contribution < 1.29 is 4.74 Å². The van der Waals surface area contributed by atoms with Gasteiger partial charge in [-0.3, -0.25) is 4.98 Å². The lowest BCUT2D eigenvalue weighted by Crippen LogP contribution is -2.03. The number of hydrogen-bond acceptors (Lipinski definition) is 7. The van der Waals surface area contributed by atoms with Crippen molar-refractivity contribution in [3.63, 3.8) is 0 Å². The number of para-hydroxylation sites is 1. The normalized spacial score (nSPS) is 10.9. The van der Waals surface area contributed by atoms with E-state index in [1.807, 2.05) is 55.6 Å². The van der Waals surface area contributed by atoms with Crippen molar-refractivity contribution in [2.24, 2.45) is 0 Å². The Morgan fingerprint density at radius 1 is 0.967 bits per heavy atom. The molecule has 2 N–H and O–H groups in total. The molecule has 1 aromatic carbocycles. The molecule has 0 spiro atoms. The Labute approximate surface area is 174 Å². The first kappa shape index (κ1) is 19.5. The van der Waals surface area contributed by atoms with Crippen LogP contribution in [0.15, 0.2) is 48.7 Å². The standard InChI is InChI=1S/C22H23N7O/c1-4-15-8-6-9-16(24-15)12-29-13-20(27-28-29)19-11-18(25-22(23)26-19)17-10-5-7-14(2)21(17)30-3/h5-11,13H,4,12H2,1-3H3,(H2,23,25,26). The molecule has 0 aliphatic heterocycles. The summed E-state index contributed by atoms with van der Waals surface area (Å²) in [6, 6.07) is 13.7. The SMILES string of the molecule is CCc1cccc(Cn2cc(-c3cc(-c4cccc(C)c4OC)nc(N)n3)nn2)n1. The largest absolute Gasteiger partial charge is 0.496 e. The Kier molecular flexibility index (Phi) is 5.38. The highest BCUT2D eigenvalue weighted by atomic mass is 16.5. The highest BCUT2D eigenvalue weighted by Gasteiger charge is 2.14.